The van der Waals surface area contributed by atoms with Crippen LogP contribution in [0.25, 0.3) is 11.5 Å². The Balaban J connectivity index is 1.74. The maximum Gasteiger partial charge on any atom is 0.255 e. The molecule has 7 nitrogen and oxygen atoms in total. The quantitative estimate of drug-likeness (QED) is 0.853. The largest absolute Gasteiger partial charge is 0.352 e. The van der Waals surface area contributed by atoms with E-state index in [0.717, 1.165) is 19.5 Å². The summed E-state index contributed by atoms with van der Waals surface area (Å²) < 4.78 is 0. The molecule has 1 fully saturated rings. The summed E-state index contributed by atoms with van der Waals surface area (Å²) >= 11 is 0. The molecule has 0 bridgehead atoms. The van der Waals surface area contributed by atoms with E-state index < -0.39 is 0 Å². The van der Waals surface area contributed by atoms with Gasteiger partial charge in [-0.3, -0.25) is 14.6 Å². The average molecular weight is 327 g/mol. The molecule has 3 rings (SSSR count). The number of hydrogen-bond donors (Lipinski definition) is 2. The topological polar surface area (TPSA) is 91.0 Å². The lowest BCUT2D eigenvalue weighted by atomic mass is 10.1. The summed E-state index contributed by atoms with van der Waals surface area (Å²) in [5.41, 5.74) is 1.26. The van der Waals surface area contributed by atoms with Crippen molar-refractivity contribution in [2.75, 3.05) is 20.1 Å². The van der Waals surface area contributed by atoms with Crippen LogP contribution in [0, 0.1) is 6.92 Å². The molecule has 2 aromatic heterocycles. The Bertz CT molecular complexity index is 787. The van der Waals surface area contributed by atoms with Crippen LogP contribution in [0.1, 0.15) is 17.7 Å². The lowest BCUT2D eigenvalue weighted by Gasteiger charge is -2.13. The van der Waals surface area contributed by atoms with Crippen molar-refractivity contribution in [1.82, 2.24) is 25.2 Å². The second-order valence-electron chi connectivity index (χ2n) is 6.19. The lowest BCUT2D eigenvalue weighted by molar-refractivity contribution is -0.121. The maximum atomic E-state index is 12.3. The molecule has 0 aromatic carbocycles. The zero-order valence-corrected chi connectivity index (χ0v) is 13.9. The van der Waals surface area contributed by atoms with Gasteiger partial charge in [0, 0.05) is 30.0 Å². The van der Waals surface area contributed by atoms with E-state index in [2.05, 4.69) is 25.2 Å². The molecule has 1 aliphatic rings. The van der Waals surface area contributed by atoms with E-state index in [9.17, 15) is 9.59 Å². The van der Waals surface area contributed by atoms with E-state index in [0.29, 0.717) is 22.8 Å². The number of likely N-dealkylation sites (tertiary alicyclic amines) is 1. The number of carbonyl (C=O) groups excluding carboxylic acids is 1. The van der Waals surface area contributed by atoms with Gasteiger partial charge < -0.3 is 15.2 Å². The highest BCUT2D eigenvalue weighted by Gasteiger charge is 2.22. The Morgan fingerprint density at radius 3 is 2.92 bits per heavy atom. The number of likely N-dealkylation sites (N-methyl/N-ethyl adjacent to an activating group) is 1. The van der Waals surface area contributed by atoms with Crippen LogP contribution in [0.5, 0.6) is 0 Å². The predicted octanol–water partition coefficient (Wildman–Crippen LogP) is 0.503. The highest BCUT2D eigenvalue weighted by atomic mass is 16.2. The molecular weight excluding hydrogens is 306 g/mol. The van der Waals surface area contributed by atoms with Crippen molar-refractivity contribution in [3.8, 4) is 11.5 Å². The van der Waals surface area contributed by atoms with E-state index in [1.54, 1.807) is 25.3 Å². The van der Waals surface area contributed by atoms with Crippen LogP contribution >= 0.6 is 0 Å². The van der Waals surface area contributed by atoms with Gasteiger partial charge in [0.25, 0.3) is 5.56 Å². The van der Waals surface area contributed by atoms with E-state index in [1.807, 2.05) is 13.1 Å². The molecule has 1 unspecified atom stereocenters. The van der Waals surface area contributed by atoms with Gasteiger partial charge in [-0.05, 0) is 39.1 Å². The summed E-state index contributed by atoms with van der Waals surface area (Å²) in [4.78, 5) is 38.0. The fraction of sp³-hybridized carbons (Fsp3) is 0.412. The molecule has 1 amide bonds. The fourth-order valence-electron chi connectivity index (χ4n) is 2.93. The molecule has 24 heavy (non-hydrogen) atoms. The number of rotatable bonds is 4. The minimum absolute atomic E-state index is 0.0386. The van der Waals surface area contributed by atoms with Crippen LogP contribution in [0.3, 0.4) is 0 Å². The summed E-state index contributed by atoms with van der Waals surface area (Å²) in [6.45, 7) is 3.57. The first-order chi connectivity index (χ1) is 11.5. The summed E-state index contributed by atoms with van der Waals surface area (Å²) in [6.07, 6.45) is 2.62. The van der Waals surface area contributed by atoms with Gasteiger partial charge >= 0.3 is 0 Å². The van der Waals surface area contributed by atoms with Crippen LogP contribution in [-0.2, 0) is 11.2 Å². The van der Waals surface area contributed by atoms with Gasteiger partial charge in [0.05, 0.1) is 6.42 Å². The van der Waals surface area contributed by atoms with E-state index >= 15 is 0 Å². The molecule has 1 aliphatic heterocycles. The van der Waals surface area contributed by atoms with Gasteiger partial charge in [0.2, 0.25) is 5.91 Å². The standard InChI is InChI=1S/C17H21N5O2/c1-11-13(9-15(23)20-12-6-8-22(2)10-12)17(24)21-16(19-11)14-5-3-4-7-18-14/h3-5,7,12H,6,8-10H2,1-2H3,(H,20,23)(H,19,21,24). The normalized spacial score (nSPS) is 17.8. The zero-order chi connectivity index (χ0) is 17.1. The SMILES string of the molecule is Cc1nc(-c2ccccn2)[nH]c(=O)c1CC(=O)NC1CCN(C)C1. The van der Waals surface area contributed by atoms with Crippen LogP contribution in [0.4, 0.5) is 0 Å². The summed E-state index contributed by atoms with van der Waals surface area (Å²) in [5, 5.41) is 2.98. The Morgan fingerprint density at radius 1 is 1.46 bits per heavy atom. The lowest BCUT2D eigenvalue weighted by Crippen LogP contribution is -2.38. The second kappa shape index (κ2) is 6.92. The van der Waals surface area contributed by atoms with Gasteiger partial charge in [-0.25, -0.2) is 4.98 Å². The van der Waals surface area contributed by atoms with Crippen molar-refractivity contribution in [3.63, 3.8) is 0 Å². The first kappa shape index (κ1) is 16.3. The van der Waals surface area contributed by atoms with Gasteiger partial charge in [-0.1, -0.05) is 6.07 Å². The first-order valence-corrected chi connectivity index (χ1v) is 8.02. The minimum Gasteiger partial charge on any atom is -0.352 e. The van der Waals surface area contributed by atoms with Crippen LogP contribution < -0.4 is 10.9 Å². The van der Waals surface area contributed by atoms with Gasteiger partial charge in [0.15, 0.2) is 5.82 Å². The van der Waals surface area contributed by atoms with Crippen LogP contribution in [0.2, 0.25) is 0 Å². The van der Waals surface area contributed by atoms with Gasteiger partial charge in [-0.15, -0.1) is 0 Å². The van der Waals surface area contributed by atoms with Gasteiger partial charge in [0.1, 0.15) is 5.69 Å². The number of aryl methyl sites for hydroxylation is 1. The summed E-state index contributed by atoms with van der Waals surface area (Å²) in [7, 11) is 2.03. The molecule has 2 aromatic rings. The van der Waals surface area contributed by atoms with Crippen LogP contribution in [0.15, 0.2) is 29.2 Å². The number of pyridine rings is 1. The molecular formula is C17H21N5O2. The van der Waals surface area contributed by atoms with E-state index in [1.165, 1.54) is 0 Å². The monoisotopic (exact) mass is 327 g/mol. The van der Waals surface area contributed by atoms with Crippen LogP contribution in [-0.4, -0.2) is 51.9 Å². The number of aromatic nitrogens is 3. The van der Waals surface area contributed by atoms with Crippen molar-refractivity contribution >= 4 is 5.91 Å². The molecule has 0 spiro atoms. The highest BCUT2D eigenvalue weighted by molar-refractivity contribution is 5.79. The Labute approximate surface area is 140 Å². The number of aromatic amines is 1. The molecule has 2 N–H and O–H groups in total. The fourth-order valence-corrected chi connectivity index (χ4v) is 2.93. The Hall–Kier alpha value is -2.54. The summed E-state index contributed by atoms with van der Waals surface area (Å²) in [6, 6.07) is 5.56. The molecule has 126 valence electrons. The van der Waals surface area contributed by atoms with Crippen molar-refractivity contribution in [3.05, 3.63) is 46.0 Å². The third kappa shape index (κ3) is 3.68. The number of nitrogens with one attached hydrogen (secondary N) is 2. The van der Waals surface area contributed by atoms with E-state index in [4.69, 9.17) is 0 Å². The maximum absolute atomic E-state index is 12.3. The highest BCUT2D eigenvalue weighted by Crippen LogP contribution is 2.11. The number of hydrogen-bond acceptors (Lipinski definition) is 5. The van der Waals surface area contributed by atoms with Gasteiger partial charge in [-0.2, -0.15) is 0 Å². The second-order valence-corrected chi connectivity index (χ2v) is 6.19. The molecule has 0 saturated carbocycles. The number of H-pyrrole nitrogens is 1. The summed E-state index contributed by atoms with van der Waals surface area (Å²) in [5.74, 6) is 0.274. The number of amides is 1. The molecule has 1 atom stereocenters. The number of nitrogens with zero attached hydrogens (tertiary/aromatic N) is 3. The molecule has 0 radical (unpaired) electrons. The Kier molecular flexibility index (Phi) is 4.71. The van der Waals surface area contributed by atoms with Crippen molar-refractivity contribution in [1.29, 1.82) is 0 Å². The molecule has 1 saturated heterocycles. The molecule has 3 heterocycles. The zero-order valence-electron chi connectivity index (χ0n) is 13.9. The van der Waals surface area contributed by atoms with Crippen molar-refractivity contribution in [2.24, 2.45) is 0 Å². The average Bonchev–Trinajstić information content (AvgIpc) is 2.96. The van der Waals surface area contributed by atoms with E-state index in [-0.39, 0.29) is 23.9 Å². The third-order valence-electron chi connectivity index (χ3n) is 4.22. The third-order valence-corrected chi connectivity index (χ3v) is 4.22. The Morgan fingerprint density at radius 2 is 2.29 bits per heavy atom. The minimum atomic E-state index is -0.290. The van der Waals surface area contributed by atoms with Crippen molar-refractivity contribution in [2.45, 2.75) is 25.8 Å². The first-order valence-electron chi connectivity index (χ1n) is 8.02. The van der Waals surface area contributed by atoms with Crippen molar-refractivity contribution < 1.29 is 4.79 Å². The number of carbonyl (C=O) groups is 1. The molecule has 7 heteroatoms. The smallest absolute Gasteiger partial charge is 0.255 e. The predicted molar refractivity (Wildman–Crippen MR) is 90.6 cm³/mol. The molecule has 0 aliphatic carbocycles.